The average Bonchev–Trinajstić information content (AvgIpc) is 2.37. The molecule has 0 spiro atoms. The van der Waals surface area contributed by atoms with Gasteiger partial charge in [-0.25, -0.2) is 0 Å². The summed E-state index contributed by atoms with van der Waals surface area (Å²) in [5.41, 5.74) is 0.724. The molecule has 0 amide bonds. The van der Waals surface area contributed by atoms with Crippen LogP contribution in [0.4, 0.5) is 0 Å². The van der Waals surface area contributed by atoms with Gasteiger partial charge in [-0.05, 0) is 23.6 Å². The van der Waals surface area contributed by atoms with Crippen molar-refractivity contribution in [1.82, 2.24) is 4.98 Å². The summed E-state index contributed by atoms with van der Waals surface area (Å²) in [6, 6.07) is 12.2. The van der Waals surface area contributed by atoms with Gasteiger partial charge in [0.25, 0.3) is 0 Å². The van der Waals surface area contributed by atoms with E-state index in [-0.39, 0.29) is 5.75 Å². The van der Waals surface area contributed by atoms with Gasteiger partial charge in [-0.1, -0.05) is 24.3 Å². The second-order valence-electron chi connectivity index (χ2n) is 4.04. The Morgan fingerprint density at radius 1 is 1.05 bits per heavy atom. The van der Waals surface area contributed by atoms with E-state index >= 15 is 0 Å². The van der Waals surface area contributed by atoms with Crippen LogP contribution >= 0.6 is 0 Å². The predicted octanol–water partition coefficient (Wildman–Crippen LogP) is 2.57. The second-order valence-corrected chi connectivity index (χ2v) is 5.06. The first-order valence-corrected chi connectivity index (χ1v) is 6.84. The number of hydrogen-bond acceptors (Lipinski definition) is 4. The first-order chi connectivity index (χ1) is 9.03. The summed E-state index contributed by atoms with van der Waals surface area (Å²) < 4.78 is 34.6. The van der Waals surface area contributed by atoms with Crippen LogP contribution in [-0.2, 0) is 10.4 Å². The molecule has 0 saturated heterocycles. The Morgan fingerprint density at radius 2 is 1.84 bits per heavy atom. The summed E-state index contributed by atoms with van der Waals surface area (Å²) in [7, 11) is -4.52. The number of pyridine rings is 1. The quantitative estimate of drug-likeness (QED) is 0.574. The smallest absolute Gasteiger partial charge is 0.362 e. The predicted molar refractivity (Wildman–Crippen MR) is 71.4 cm³/mol. The van der Waals surface area contributed by atoms with Crippen molar-refractivity contribution in [3.05, 3.63) is 48.7 Å². The molecule has 1 heterocycles. The van der Waals surface area contributed by atoms with Crippen molar-refractivity contribution >= 4 is 32.1 Å². The molecule has 3 aromatic rings. The van der Waals surface area contributed by atoms with Gasteiger partial charge in [0.2, 0.25) is 0 Å². The van der Waals surface area contributed by atoms with Crippen LogP contribution in [0.5, 0.6) is 5.75 Å². The second kappa shape index (κ2) is 4.18. The number of rotatable bonds is 2. The normalized spacial score (nSPS) is 11.8. The Hall–Kier alpha value is -2.18. The van der Waals surface area contributed by atoms with Crippen molar-refractivity contribution in [1.29, 1.82) is 0 Å². The van der Waals surface area contributed by atoms with Crippen LogP contribution in [0.15, 0.2) is 48.7 Å². The van der Waals surface area contributed by atoms with Crippen molar-refractivity contribution in [2.45, 2.75) is 0 Å². The maximum atomic E-state index is 10.7. The maximum Gasteiger partial charge on any atom is 0.446 e. The molecule has 96 valence electrons. The lowest BCUT2D eigenvalue weighted by Crippen LogP contribution is -2.06. The Balaban J connectivity index is 2.28. The van der Waals surface area contributed by atoms with Crippen LogP contribution in [-0.4, -0.2) is 18.0 Å². The van der Waals surface area contributed by atoms with Crippen molar-refractivity contribution in [3.63, 3.8) is 0 Å². The summed E-state index contributed by atoms with van der Waals surface area (Å²) >= 11 is 0. The van der Waals surface area contributed by atoms with Gasteiger partial charge < -0.3 is 4.18 Å². The number of aromatic nitrogens is 1. The molecule has 1 N–H and O–H groups in total. The minimum atomic E-state index is -4.52. The van der Waals surface area contributed by atoms with Gasteiger partial charge in [-0.15, -0.1) is 0 Å². The topological polar surface area (TPSA) is 76.5 Å². The Kier molecular flexibility index (Phi) is 2.62. The van der Waals surface area contributed by atoms with E-state index in [1.165, 1.54) is 6.07 Å². The van der Waals surface area contributed by atoms with Crippen LogP contribution < -0.4 is 4.18 Å². The zero-order valence-electron chi connectivity index (χ0n) is 9.65. The highest BCUT2D eigenvalue weighted by Gasteiger charge is 2.09. The fraction of sp³-hybridized carbons (Fsp3) is 0. The minimum Gasteiger partial charge on any atom is -0.362 e. The number of benzene rings is 2. The van der Waals surface area contributed by atoms with Crippen LogP contribution in [0.25, 0.3) is 21.7 Å². The summed E-state index contributed by atoms with van der Waals surface area (Å²) in [5, 5.41) is 2.64. The van der Waals surface area contributed by atoms with Gasteiger partial charge in [0, 0.05) is 17.0 Å². The van der Waals surface area contributed by atoms with E-state index in [0.29, 0.717) is 0 Å². The van der Waals surface area contributed by atoms with Crippen LogP contribution in [0.2, 0.25) is 0 Å². The molecule has 0 saturated carbocycles. The third kappa shape index (κ3) is 2.35. The molecule has 0 fully saturated rings. The van der Waals surface area contributed by atoms with E-state index < -0.39 is 10.4 Å². The summed E-state index contributed by atoms with van der Waals surface area (Å²) in [5.74, 6) is 0.0492. The Bertz CT molecular complexity index is 874. The minimum absolute atomic E-state index is 0.0492. The molecule has 5 nitrogen and oxygen atoms in total. The van der Waals surface area contributed by atoms with Gasteiger partial charge in [0.15, 0.2) is 0 Å². The molecule has 6 heteroatoms. The summed E-state index contributed by atoms with van der Waals surface area (Å²) in [6.07, 6.45) is 1.75. The van der Waals surface area contributed by atoms with Gasteiger partial charge in [0.05, 0.1) is 5.52 Å². The third-order valence-electron chi connectivity index (χ3n) is 2.76. The van der Waals surface area contributed by atoms with E-state index in [4.69, 9.17) is 4.55 Å². The standard InChI is InChI=1S/C13H9NO4S/c15-19(16,17)18-10-5-6-13-12(7-10)11-4-2-1-3-9(11)8-14-13/h1-8H,(H,15,16,17). The highest BCUT2D eigenvalue weighted by Crippen LogP contribution is 2.27. The van der Waals surface area contributed by atoms with E-state index in [0.717, 1.165) is 21.7 Å². The number of hydrogen-bond donors (Lipinski definition) is 1. The Morgan fingerprint density at radius 3 is 2.63 bits per heavy atom. The largest absolute Gasteiger partial charge is 0.446 e. The molecule has 0 unspecified atom stereocenters. The maximum absolute atomic E-state index is 10.7. The molecule has 2 aromatic carbocycles. The molecule has 1 aromatic heterocycles. The van der Waals surface area contributed by atoms with Crippen molar-refractivity contribution in [2.75, 3.05) is 0 Å². The molecule has 0 atom stereocenters. The molecular weight excluding hydrogens is 266 g/mol. The van der Waals surface area contributed by atoms with E-state index in [2.05, 4.69) is 9.17 Å². The summed E-state index contributed by atoms with van der Waals surface area (Å²) in [4.78, 5) is 4.28. The van der Waals surface area contributed by atoms with Crippen molar-refractivity contribution in [3.8, 4) is 5.75 Å². The zero-order chi connectivity index (χ0) is 13.5. The van der Waals surface area contributed by atoms with Crippen molar-refractivity contribution < 1.29 is 17.2 Å². The van der Waals surface area contributed by atoms with Gasteiger partial charge in [0.1, 0.15) is 5.75 Å². The fourth-order valence-corrected chi connectivity index (χ4v) is 2.36. The SMILES string of the molecule is O=S(=O)(O)Oc1ccc2ncc3ccccc3c2c1. The summed E-state index contributed by atoms with van der Waals surface area (Å²) in [6.45, 7) is 0. The molecule has 0 radical (unpaired) electrons. The zero-order valence-corrected chi connectivity index (χ0v) is 10.5. The third-order valence-corrected chi connectivity index (χ3v) is 3.17. The first kappa shape index (κ1) is 11.9. The van der Waals surface area contributed by atoms with Crippen molar-refractivity contribution in [2.24, 2.45) is 0 Å². The van der Waals surface area contributed by atoms with Gasteiger partial charge in [-0.2, -0.15) is 8.42 Å². The Labute approximate surface area is 109 Å². The molecule has 0 aliphatic rings. The van der Waals surface area contributed by atoms with E-state index in [9.17, 15) is 8.42 Å². The van der Waals surface area contributed by atoms with Gasteiger partial charge in [-0.3, -0.25) is 9.54 Å². The molecule has 0 bridgehead atoms. The molecule has 19 heavy (non-hydrogen) atoms. The lowest BCUT2D eigenvalue weighted by atomic mass is 10.1. The monoisotopic (exact) mass is 275 g/mol. The molecular formula is C13H9NO4S. The van der Waals surface area contributed by atoms with E-state index in [1.807, 2.05) is 24.3 Å². The van der Waals surface area contributed by atoms with Crippen LogP contribution in [0, 0.1) is 0 Å². The molecule has 0 aliphatic carbocycles. The average molecular weight is 275 g/mol. The molecule has 0 aliphatic heterocycles. The van der Waals surface area contributed by atoms with E-state index in [1.54, 1.807) is 18.3 Å². The fourth-order valence-electron chi connectivity index (χ4n) is 2.01. The lowest BCUT2D eigenvalue weighted by Gasteiger charge is -2.05. The highest BCUT2D eigenvalue weighted by molar-refractivity contribution is 7.81. The van der Waals surface area contributed by atoms with Crippen LogP contribution in [0.1, 0.15) is 0 Å². The number of nitrogens with zero attached hydrogens (tertiary/aromatic N) is 1. The first-order valence-electron chi connectivity index (χ1n) is 5.47. The number of fused-ring (bicyclic) bond motifs is 3. The lowest BCUT2D eigenvalue weighted by molar-refractivity contribution is 0.387. The molecule has 3 rings (SSSR count). The highest BCUT2D eigenvalue weighted by atomic mass is 32.3. The van der Waals surface area contributed by atoms with Crippen LogP contribution in [0.3, 0.4) is 0 Å². The van der Waals surface area contributed by atoms with Gasteiger partial charge >= 0.3 is 10.4 Å².